The van der Waals surface area contributed by atoms with Crippen LogP contribution in [0, 0.1) is 0 Å². The van der Waals surface area contributed by atoms with Crippen LogP contribution in [0.2, 0.25) is 0 Å². The Morgan fingerprint density at radius 2 is 1.82 bits per heavy atom. The highest BCUT2D eigenvalue weighted by Crippen LogP contribution is 2.31. The third-order valence-corrected chi connectivity index (χ3v) is 4.60. The second-order valence-corrected chi connectivity index (χ2v) is 8.00. The number of nitrogens with zero attached hydrogens (tertiary/aromatic N) is 1. The van der Waals surface area contributed by atoms with Crippen LogP contribution in [0.3, 0.4) is 0 Å². The molecule has 0 bridgehead atoms. The monoisotopic (exact) mass is 304 g/mol. The molecule has 0 unspecified atom stereocenters. The van der Waals surface area contributed by atoms with Crippen molar-refractivity contribution in [2.45, 2.75) is 90.8 Å². The average molecular weight is 304 g/mol. The second-order valence-electron chi connectivity index (χ2n) is 8.00. The van der Waals surface area contributed by atoms with E-state index in [1.54, 1.807) is 0 Å². The Labute approximate surface area is 135 Å². The zero-order valence-corrected chi connectivity index (χ0v) is 14.9. The number of aromatic nitrogens is 1. The highest BCUT2D eigenvalue weighted by atomic mass is 16.1. The van der Waals surface area contributed by atoms with E-state index in [1.807, 2.05) is 6.07 Å². The molecule has 1 heterocycles. The molecule has 1 aromatic heterocycles. The van der Waals surface area contributed by atoms with Gasteiger partial charge in [-0.1, -0.05) is 59.9 Å². The lowest BCUT2D eigenvalue weighted by Gasteiger charge is -2.32. The van der Waals surface area contributed by atoms with Crippen molar-refractivity contribution in [2.75, 3.05) is 0 Å². The van der Waals surface area contributed by atoms with Crippen LogP contribution in [0.25, 0.3) is 0 Å². The Kier molecular flexibility index (Phi) is 5.49. The van der Waals surface area contributed by atoms with Gasteiger partial charge in [-0.2, -0.15) is 0 Å². The van der Waals surface area contributed by atoms with Crippen molar-refractivity contribution >= 4 is 0 Å². The first-order valence-electron chi connectivity index (χ1n) is 8.79. The number of pyridine rings is 1. The molecule has 0 atom stereocenters. The van der Waals surface area contributed by atoms with Crippen molar-refractivity contribution in [3.05, 3.63) is 33.7 Å². The number of rotatable bonds is 4. The van der Waals surface area contributed by atoms with Gasteiger partial charge in [0, 0.05) is 35.3 Å². The standard InChI is InChI=1S/C19H32N2O/c1-14(2)20-13-15-11-12-17(19(3,4)5)21(18(15)22)16-9-7-6-8-10-16/h11-12,14,16,20H,6-10,13H2,1-5H3. The van der Waals surface area contributed by atoms with E-state index in [1.165, 1.54) is 25.0 Å². The average Bonchev–Trinajstić information content (AvgIpc) is 2.45. The molecule has 2 rings (SSSR count). The van der Waals surface area contributed by atoms with E-state index in [2.05, 4.69) is 50.6 Å². The lowest BCUT2D eigenvalue weighted by molar-refractivity contribution is 0.323. The fraction of sp³-hybridized carbons (Fsp3) is 0.737. The van der Waals surface area contributed by atoms with Gasteiger partial charge in [0.15, 0.2) is 0 Å². The molecule has 0 spiro atoms. The van der Waals surface area contributed by atoms with Crippen LogP contribution in [0.5, 0.6) is 0 Å². The number of hydrogen-bond donors (Lipinski definition) is 1. The van der Waals surface area contributed by atoms with Gasteiger partial charge in [-0.15, -0.1) is 0 Å². The molecule has 3 nitrogen and oxygen atoms in total. The van der Waals surface area contributed by atoms with Crippen LogP contribution >= 0.6 is 0 Å². The first-order valence-corrected chi connectivity index (χ1v) is 8.79. The van der Waals surface area contributed by atoms with E-state index in [9.17, 15) is 4.79 Å². The van der Waals surface area contributed by atoms with Gasteiger partial charge in [-0.3, -0.25) is 4.79 Å². The van der Waals surface area contributed by atoms with Crippen molar-refractivity contribution in [1.82, 2.24) is 9.88 Å². The molecule has 0 saturated heterocycles. The maximum atomic E-state index is 13.1. The number of nitrogens with one attached hydrogen (secondary N) is 1. The van der Waals surface area contributed by atoms with Gasteiger partial charge in [0.1, 0.15) is 0 Å². The lowest BCUT2D eigenvalue weighted by Crippen LogP contribution is -2.37. The van der Waals surface area contributed by atoms with Crippen molar-refractivity contribution in [3.8, 4) is 0 Å². The second kappa shape index (κ2) is 6.99. The summed E-state index contributed by atoms with van der Waals surface area (Å²) in [6.45, 7) is 11.5. The van der Waals surface area contributed by atoms with E-state index in [-0.39, 0.29) is 11.0 Å². The molecule has 1 aliphatic carbocycles. The first kappa shape index (κ1) is 17.3. The Bertz CT molecular complexity index is 546. The van der Waals surface area contributed by atoms with Crippen LogP contribution < -0.4 is 10.9 Å². The Hall–Kier alpha value is -1.09. The molecule has 0 aromatic carbocycles. The van der Waals surface area contributed by atoms with Gasteiger partial charge >= 0.3 is 0 Å². The molecule has 1 fully saturated rings. The predicted octanol–water partition coefficient (Wildman–Crippen LogP) is 4.15. The lowest BCUT2D eigenvalue weighted by atomic mass is 9.88. The van der Waals surface area contributed by atoms with Crippen molar-refractivity contribution in [3.63, 3.8) is 0 Å². The van der Waals surface area contributed by atoms with Crippen LogP contribution in [-0.2, 0) is 12.0 Å². The third kappa shape index (κ3) is 4.01. The molecule has 22 heavy (non-hydrogen) atoms. The molecule has 0 aliphatic heterocycles. The SMILES string of the molecule is CC(C)NCc1ccc(C(C)(C)C)n(C2CCCCC2)c1=O. The Balaban J connectivity index is 2.44. The zero-order valence-electron chi connectivity index (χ0n) is 14.9. The van der Waals surface area contributed by atoms with Crippen molar-refractivity contribution in [2.24, 2.45) is 0 Å². The highest BCUT2D eigenvalue weighted by Gasteiger charge is 2.25. The maximum Gasteiger partial charge on any atom is 0.255 e. The van der Waals surface area contributed by atoms with E-state index in [4.69, 9.17) is 0 Å². The number of hydrogen-bond acceptors (Lipinski definition) is 2. The van der Waals surface area contributed by atoms with Crippen molar-refractivity contribution < 1.29 is 0 Å². The van der Waals surface area contributed by atoms with E-state index < -0.39 is 0 Å². The van der Waals surface area contributed by atoms with Gasteiger partial charge in [0.05, 0.1) is 0 Å². The summed E-state index contributed by atoms with van der Waals surface area (Å²) in [5.74, 6) is 0. The first-order chi connectivity index (χ1) is 10.3. The van der Waals surface area contributed by atoms with Gasteiger partial charge in [-0.05, 0) is 18.9 Å². The summed E-state index contributed by atoms with van der Waals surface area (Å²) in [4.78, 5) is 13.1. The van der Waals surface area contributed by atoms with E-state index in [0.29, 0.717) is 18.6 Å². The van der Waals surface area contributed by atoms with E-state index >= 15 is 0 Å². The predicted molar refractivity (Wildman–Crippen MR) is 93.5 cm³/mol. The molecular formula is C19H32N2O. The summed E-state index contributed by atoms with van der Waals surface area (Å²) in [5.41, 5.74) is 2.29. The Morgan fingerprint density at radius 3 is 2.36 bits per heavy atom. The molecule has 124 valence electrons. The van der Waals surface area contributed by atoms with Gasteiger partial charge < -0.3 is 9.88 Å². The van der Waals surface area contributed by atoms with Crippen molar-refractivity contribution in [1.29, 1.82) is 0 Å². The minimum absolute atomic E-state index is 0.000609. The van der Waals surface area contributed by atoms with Crippen LogP contribution in [0.1, 0.15) is 84.0 Å². The smallest absolute Gasteiger partial charge is 0.255 e. The van der Waals surface area contributed by atoms with E-state index in [0.717, 1.165) is 18.4 Å². The molecule has 1 saturated carbocycles. The molecule has 0 radical (unpaired) electrons. The summed E-state index contributed by atoms with van der Waals surface area (Å²) < 4.78 is 2.12. The topological polar surface area (TPSA) is 34.0 Å². The van der Waals surface area contributed by atoms with Crippen LogP contribution in [0.15, 0.2) is 16.9 Å². The fourth-order valence-electron chi connectivity index (χ4n) is 3.36. The summed E-state index contributed by atoms with van der Waals surface area (Å²) in [6, 6.07) is 4.98. The quantitative estimate of drug-likeness (QED) is 0.906. The molecule has 3 heteroatoms. The minimum Gasteiger partial charge on any atom is -0.310 e. The summed E-state index contributed by atoms with van der Waals surface area (Å²) in [5, 5.41) is 3.38. The largest absolute Gasteiger partial charge is 0.310 e. The molecule has 0 amide bonds. The summed E-state index contributed by atoms with van der Waals surface area (Å²) >= 11 is 0. The minimum atomic E-state index is 0.000609. The molecular weight excluding hydrogens is 272 g/mol. The molecule has 1 aromatic rings. The van der Waals surface area contributed by atoms with Crippen LogP contribution in [0.4, 0.5) is 0 Å². The molecule has 1 aliphatic rings. The maximum absolute atomic E-state index is 13.1. The summed E-state index contributed by atoms with van der Waals surface area (Å²) in [7, 11) is 0. The van der Waals surface area contributed by atoms with Crippen LogP contribution in [-0.4, -0.2) is 10.6 Å². The summed E-state index contributed by atoms with van der Waals surface area (Å²) in [6.07, 6.45) is 6.09. The fourth-order valence-corrected chi connectivity index (χ4v) is 3.36. The molecule has 1 N–H and O–H groups in total. The van der Waals surface area contributed by atoms with Gasteiger partial charge in [-0.25, -0.2) is 0 Å². The third-order valence-electron chi connectivity index (χ3n) is 4.60. The van der Waals surface area contributed by atoms with Gasteiger partial charge in [0.25, 0.3) is 5.56 Å². The Morgan fingerprint density at radius 1 is 1.18 bits per heavy atom. The normalized spacial score (nSPS) is 17.2. The highest BCUT2D eigenvalue weighted by molar-refractivity contribution is 5.22. The van der Waals surface area contributed by atoms with Gasteiger partial charge in [0.2, 0.25) is 0 Å². The zero-order chi connectivity index (χ0) is 16.3.